The van der Waals surface area contributed by atoms with E-state index in [0.29, 0.717) is 18.3 Å². The number of methoxy groups -OCH3 is 1. The summed E-state index contributed by atoms with van der Waals surface area (Å²) in [6.07, 6.45) is 6.02. The summed E-state index contributed by atoms with van der Waals surface area (Å²) in [5.41, 5.74) is 1.61. The van der Waals surface area contributed by atoms with Gasteiger partial charge in [0.15, 0.2) is 0 Å². The van der Waals surface area contributed by atoms with Gasteiger partial charge in [0.2, 0.25) is 0 Å². The lowest BCUT2D eigenvalue weighted by molar-refractivity contribution is 0.00394. The molecule has 0 aliphatic heterocycles. The predicted octanol–water partition coefficient (Wildman–Crippen LogP) is 3.60. The summed E-state index contributed by atoms with van der Waals surface area (Å²) in [6, 6.07) is 5.43. The van der Waals surface area contributed by atoms with Gasteiger partial charge in [0.1, 0.15) is 12.0 Å². The second-order valence-electron chi connectivity index (χ2n) is 5.39. The van der Waals surface area contributed by atoms with Crippen LogP contribution in [0.4, 0.5) is 0 Å². The zero-order valence-corrected chi connectivity index (χ0v) is 11.7. The van der Waals surface area contributed by atoms with Crippen molar-refractivity contribution in [2.24, 2.45) is 5.92 Å². The van der Waals surface area contributed by atoms with Crippen molar-refractivity contribution in [1.82, 2.24) is 0 Å². The van der Waals surface area contributed by atoms with E-state index in [9.17, 15) is 4.79 Å². The fourth-order valence-electron chi connectivity index (χ4n) is 2.72. The quantitative estimate of drug-likeness (QED) is 0.760. The van der Waals surface area contributed by atoms with Crippen molar-refractivity contribution in [2.45, 2.75) is 45.3 Å². The van der Waals surface area contributed by atoms with Gasteiger partial charge in [-0.25, -0.2) is 0 Å². The van der Waals surface area contributed by atoms with Crippen LogP contribution in [0.5, 0.6) is 5.75 Å². The minimum absolute atomic E-state index is 0.341. The molecule has 3 heteroatoms. The molecule has 0 N–H and O–H groups in total. The Balaban J connectivity index is 1.99. The average molecular weight is 262 g/mol. The van der Waals surface area contributed by atoms with Gasteiger partial charge in [-0.05, 0) is 37.0 Å². The van der Waals surface area contributed by atoms with Crippen LogP contribution in [-0.2, 0) is 11.3 Å². The van der Waals surface area contributed by atoms with Crippen LogP contribution in [0, 0.1) is 5.92 Å². The highest BCUT2D eigenvalue weighted by molar-refractivity contribution is 5.75. The molecule has 0 aromatic heterocycles. The van der Waals surface area contributed by atoms with E-state index < -0.39 is 0 Å². The summed E-state index contributed by atoms with van der Waals surface area (Å²) in [4.78, 5) is 10.8. The Bertz CT molecular complexity index is 428. The number of carbonyl (C=O) groups is 1. The molecule has 2 unspecified atom stereocenters. The predicted molar refractivity (Wildman–Crippen MR) is 74.6 cm³/mol. The van der Waals surface area contributed by atoms with Gasteiger partial charge in [0.25, 0.3) is 0 Å². The van der Waals surface area contributed by atoms with Gasteiger partial charge in [0, 0.05) is 11.1 Å². The number of benzene rings is 1. The third-order valence-corrected chi connectivity index (χ3v) is 3.80. The standard InChI is InChI=1S/C16H22O3/c1-12-4-3-5-15(8-12)19-11-14-9-13(10-17)6-7-16(14)18-2/h6-7,9-10,12,15H,3-5,8,11H2,1-2H3. The van der Waals surface area contributed by atoms with E-state index >= 15 is 0 Å². The lowest BCUT2D eigenvalue weighted by atomic mass is 9.89. The van der Waals surface area contributed by atoms with Crippen LogP contribution in [0.25, 0.3) is 0 Å². The van der Waals surface area contributed by atoms with Crippen LogP contribution in [0.3, 0.4) is 0 Å². The number of aldehydes is 1. The highest BCUT2D eigenvalue weighted by atomic mass is 16.5. The summed E-state index contributed by atoms with van der Waals surface area (Å²) < 4.78 is 11.3. The molecule has 0 radical (unpaired) electrons. The van der Waals surface area contributed by atoms with Crippen LogP contribution in [0.2, 0.25) is 0 Å². The largest absolute Gasteiger partial charge is 0.496 e. The Hall–Kier alpha value is -1.35. The van der Waals surface area contributed by atoms with Crippen molar-refractivity contribution in [1.29, 1.82) is 0 Å². The molecule has 0 bridgehead atoms. The molecule has 0 amide bonds. The molecule has 1 fully saturated rings. The maximum Gasteiger partial charge on any atom is 0.150 e. The van der Waals surface area contributed by atoms with Crippen molar-refractivity contribution in [3.05, 3.63) is 29.3 Å². The fourth-order valence-corrected chi connectivity index (χ4v) is 2.72. The average Bonchev–Trinajstić information content (AvgIpc) is 2.45. The molecule has 0 spiro atoms. The van der Waals surface area contributed by atoms with Crippen LogP contribution in [-0.4, -0.2) is 19.5 Å². The summed E-state index contributed by atoms with van der Waals surface area (Å²) in [6.45, 7) is 2.80. The first kappa shape index (κ1) is 14.1. The third kappa shape index (κ3) is 3.80. The summed E-state index contributed by atoms with van der Waals surface area (Å²) in [5.74, 6) is 1.54. The minimum atomic E-state index is 0.341. The van der Waals surface area contributed by atoms with E-state index in [4.69, 9.17) is 9.47 Å². The molecule has 1 aromatic rings. The second kappa shape index (κ2) is 6.71. The number of carbonyl (C=O) groups excluding carboxylic acids is 1. The molecular formula is C16H22O3. The molecule has 104 valence electrons. The second-order valence-corrected chi connectivity index (χ2v) is 5.39. The van der Waals surface area contributed by atoms with E-state index in [0.717, 1.165) is 36.4 Å². The fraction of sp³-hybridized carbons (Fsp3) is 0.562. The van der Waals surface area contributed by atoms with Crippen LogP contribution >= 0.6 is 0 Å². The maximum atomic E-state index is 10.8. The van der Waals surface area contributed by atoms with E-state index in [1.54, 1.807) is 13.2 Å². The Morgan fingerprint density at radius 3 is 2.89 bits per heavy atom. The minimum Gasteiger partial charge on any atom is -0.496 e. The molecule has 2 atom stereocenters. The summed E-state index contributed by atoms with van der Waals surface area (Å²) >= 11 is 0. The zero-order chi connectivity index (χ0) is 13.7. The van der Waals surface area contributed by atoms with Gasteiger partial charge in [-0.15, -0.1) is 0 Å². The van der Waals surface area contributed by atoms with Crippen LogP contribution < -0.4 is 4.74 Å². The van der Waals surface area contributed by atoms with E-state index in [2.05, 4.69) is 6.92 Å². The van der Waals surface area contributed by atoms with E-state index in [1.807, 2.05) is 12.1 Å². The van der Waals surface area contributed by atoms with E-state index in [-0.39, 0.29) is 0 Å². The number of hydrogen-bond donors (Lipinski definition) is 0. The molecule has 1 aliphatic carbocycles. The first-order chi connectivity index (χ1) is 9.22. The zero-order valence-electron chi connectivity index (χ0n) is 11.7. The van der Waals surface area contributed by atoms with Crippen molar-refractivity contribution < 1.29 is 14.3 Å². The Morgan fingerprint density at radius 2 is 2.21 bits per heavy atom. The van der Waals surface area contributed by atoms with Gasteiger partial charge in [-0.1, -0.05) is 19.8 Å². The SMILES string of the molecule is COc1ccc(C=O)cc1COC1CCCC(C)C1. The lowest BCUT2D eigenvalue weighted by Crippen LogP contribution is -2.21. The van der Waals surface area contributed by atoms with Gasteiger partial charge in [-0.3, -0.25) is 4.79 Å². The van der Waals surface area contributed by atoms with Crippen LogP contribution in [0.1, 0.15) is 48.5 Å². The molecule has 2 rings (SSSR count). The normalized spacial score (nSPS) is 23.1. The smallest absolute Gasteiger partial charge is 0.150 e. The van der Waals surface area contributed by atoms with Gasteiger partial charge in [0.05, 0.1) is 19.8 Å². The van der Waals surface area contributed by atoms with E-state index in [1.165, 1.54) is 12.8 Å². The Morgan fingerprint density at radius 1 is 1.37 bits per heavy atom. The van der Waals surface area contributed by atoms with Crippen molar-refractivity contribution in [3.8, 4) is 5.75 Å². The Kier molecular flexibility index (Phi) is 4.97. The van der Waals surface area contributed by atoms with Crippen molar-refractivity contribution in [2.75, 3.05) is 7.11 Å². The molecule has 3 nitrogen and oxygen atoms in total. The molecule has 0 heterocycles. The molecule has 0 saturated heterocycles. The topological polar surface area (TPSA) is 35.5 Å². The Labute approximate surface area is 114 Å². The first-order valence-electron chi connectivity index (χ1n) is 6.96. The summed E-state index contributed by atoms with van der Waals surface area (Å²) in [7, 11) is 1.64. The van der Waals surface area contributed by atoms with Crippen molar-refractivity contribution in [3.63, 3.8) is 0 Å². The number of hydrogen-bond acceptors (Lipinski definition) is 3. The maximum absolute atomic E-state index is 10.8. The highest BCUT2D eigenvalue weighted by Crippen LogP contribution is 2.28. The third-order valence-electron chi connectivity index (χ3n) is 3.80. The molecule has 1 aliphatic rings. The van der Waals surface area contributed by atoms with Gasteiger partial charge in [-0.2, -0.15) is 0 Å². The highest BCUT2D eigenvalue weighted by Gasteiger charge is 2.19. The molecule has 1 aromatic carbocycles. The van der Waals surface area contributed by atoms with Gasteiger partial charge >= 0.3 is 0 Å². The first-order valence-corrected chi connectivity index (χ1v) is 6.96. The number of ether oxygens (including phenoxy) is 2. The van der Waals surface area contributed by atoms with Gasteiger partial charge < -0.3 is 9.47 Å². The molecule has 19 heavy (non-hydrogen) atoms. The molecule has 1 saturated carbocycles. The summed E-state index contributed by atoms with van der Waals surface area (Å²) in [5, 5.41) is 0. The van der Waals surface area contributed by atoms with Crippen molar-refractivity contribution >= 4 is 6.29 Å². The monoisotopic (exact) mass is 262 g/mol. The molecular weight excluding hydrogens is 240 g/mol. The number of rotatable bonds is 5. The lowest BCUT2D eigenvalue weighted by Gasteiger charge is -2.27. The van der Waals surface area contributed by atoms with Crippen LogP contribution in [0.15, 0.2) is 18.2 Å².